The third-order valence-corrected chi connectivity index (χ3v) is 4.16. The topological polar surface area (TPSA) is 67.5 Å². The Bertz CT molecular complexity index is 1050. The number of ketones is 1. The maximum atomic E-state index is 10.0. The normalized spacial score (nSPS) is 10.9. The van der Waals surface area contributed by atoms with Crippen LogP contribution in [-0.2, 0) is 24.9 Å². The zero-order chi connectivity index (χ0) is 17.8. The van der Waals surface area contributed by atoms with E-state index in [0.29, 0.717) is 0 Å². The first kappa shape index (κ1) is 20.0. The second-order valence-electron chi connectivity index (χ2n) is 5.40. The number of hydrogen-bond donors (Lipinski definition) is 1. The van der Waals surface area contributed by atoms with Gasteiger partial charge in [-0.25, -0.2) is 8.77 Å². The molecule has 4 rings (SSSR count). The smallest absolute Gasteiger partial charge is 0.155 e. The van der Waals surface area contributed by atoms with Crippen LogP contribution in [0.15, 0.2) is 59.8 Å². The molecule has 0 atom stereocenters. The van der Waals surface area contributed by atoms with Gasteiger partial charge in [0.1, 0.15) is 11.2 Å². The minimum Gasteiger partial charge on any atom is -0.512 e. The molecule has 7 heteroatoms. The minimum absolute atomic E-state index is 0. The van der Waals surface area contributed by atoms with Crippen LogP contribution in [0, 0.1) is 6.07 Å². The summed E-state index contributed by atoms with van der Waals surface area (Å²) in [6, 6.07) is 15.1. The number of aliphatic hydroxyl groups excluding tert-OH is 1. The average Bonchev–Trinajstić information content (AvgIpc) is 3.15. The van der Waals surface area contributed by atoms with E-state index in [1.54, 1.807) is 11.5 Å². The number of carbonyl (C=O) groups is 1. The van der Waals surface area contributed by atoms with Crippen molar-refractivity contribution in [3.05, 3.63) is 65.9 Å². The van der Waals surface area contributed by atoms with Gasteiger partial charge in [-0.05, 0) is 25.6 Å². The molecule has 0 aliphatic heterocycles. The molecule has 1 N–H and O–H groups in total. The van der Waals surface area contributed by atoms with E-state index in [9.17, 15) is 4.79 Å². The zero-order valence-corrected chi connectivity index (χ0v) is 17.3. The van der Waals surface area contributed by atoms with Gasteiger partial charge in [-0.1, -0.05) is 17.6 Å². The number of imidazole rings is 1. The number of aromatic nitrogens is 3. The summed E-state index contributed by atoms with van der Waals surface area (Å²) >= 11 is 1.64. The fraction of sp³-hybridized carbons (Fsp3) is 0.105. The van der Waals surface area contributed by atoms with Crippen LogP contribution in [0.3, 0.4) is 0 Å². The summed E-state index contributed by atoms with van der Waals surface area (Å²) in [4.78, 5) is 19.0. The van der Waals surface area contributed by atoms with Gasteiger partial charge in [0.05, 0.1) is 11.3 Å². The van der Waals surface area contributed by atoms with Crippen LogP contribution in [0.25, 0.3) is 27.9 Å². The van der Waals surface area contributed by atoms with Crippen molar-refractivity contribution in [1.82, 2.24) is 13.8 Å². The number of nitrogens with zero attached hydrogens (tertiary/aromatic N) is 3. The third kappa shape index (κ3) is 4.64. The Morgan fingerprint density at radius 1 is 1.31 bits per heavy atom. The summed E-state index contributed by atoms with van der Waals surface area (Å²) in [5.41, 5.74) is 4.94. The third-order valence-electron chi connectivity index (χ3n) is 3.30. The number of allylic oxidation sites excluding steroid dienone is 2. The van der Waals surface area contributed by atoms with E-state index in [0.717, 1.165) is 27.9 Å². The molecule has 4 aromatic rings. The molecule has 0 saturated heterocycles. The predicted octanol–water partition coefficient (Wildman–Crippen LogP) is 4.45. The molecule has 0 bridgehead atoms. The fourth-order valence-electron chi connectivity index (χ4n) is 2.34. The van der Waals surface area contributed by atoms with E-state index >= 15 is 0 Å². The Balaban J connectivity index is 0.000000265. The van der Waals surface area contributed by atoms with Crippen molar-refractivity contribution in [1.29, 1.82) is 0 Å². The molecule has 0 fully saturated rings. The van der Waals surface area contributed by atoms with Crippen molar-refractivity contribution >= 4 is 34.0 Å². The van der Waals surface area contributed by atoms with Crippen LogP contribution in [0.5, 0.6) is 0 Å². The van der Waals surface area contributed by atoms with Crippen molar-refractivity contribution in [2.24, 2.45) is 0 Å². The van der Waals surface area contributed by atoms with E-state index in [1.165, 1.54) is 19.9 Å². The van der Waals surface area contributed by atoms with Gasteiger partial charge in [0.2, 0.25) is 0 Å². The number of benzene rings is 1. The molecule has 0 aliphatic carbocycles. The SMILES string of the molecule is CC(=O)/C=C(/C)O.[Ir].[c-]1ccccc1-c1cc2c(cn1)nc1ccsn12. The monoisotopic (exact) mass is 543 g/mol. The molecule has 3 aromatic heterocycles. The van der Waals surface area contributed by atoms with Crippen molar-refractivity contribution in [2.45, 2.75) is 13.8 Å². The van der Waals surface area contributed by atoms with Crippen LogP contribution < -0.4 is 0 Å². The van der Waals surface area contributed by atoms with Gasteiger partial charge in [0.15, 0.2) is 5.78 Å². The number of hydrogen-bond acceptors (Lipinski definition) is 5. The molecule has 26 heavy (non-hydrogen) atoms. The number of pyridine rings is 1. The van der Waals surface area contributed by atoms with Crippen LogP contribution >= 0.6 is 11.5 Å². The molecule has 1 aromatic carbocycles. The summed E-state index contributed by atoms with van der Waals surface area (Å²) in [7, 11) is 0. The number of fused-ring (bicyclic) bond motifs is 3. The Hall–Kier alpha value is -2.34. The number of aliphatic hydroxyl groups is 1. The second-order valence-corrected chi connectivity index (χ2v) is 6.25. The summed E-state index contributed by atoms with van der Waals surface area (Å²) in [6.07, 6.45) is 2.99. The van der Waals surface area contributed by atoms with Crippen molar-refractivity contribution in [3.8, 4) is 11.3 Å². The van der Waals surface area contributed by atoms with Crippen molar-refractivity contribution in [2.75, 3.05) is 0 Å². The van der Waals surface area contributed by atoms with Gasteiger partial charge in [-0.3, -0.25) is 4.79 Å². The van der Waals surface area contributed by atoms with Gasteiger partial charge in [-0.15, -0.1) is 35.9 Å². The first-order chi connectivity index (χ1) is 12.0. The predicted molar refractivity (Wildman–Crippen MR) is 99.7 cm³/mol. The Kier molecular flexibility index (Phi) is 6.80. The zero-order valence-electron chi connectivity index (χ0n) is 14.1. The average molecular weight is 543 g/mol. The standard InChI is InChI=1S/C14H8N3S.C5H8O2.Ir/c1-2-4-10(5-3-1)11-8-13-12(9-15-11)16-14-6-7-18-17(13)14;1-4(6)3-5(2)7;/h1-4,6-9H;3,6H,1-2H3;/q-1;;/b;4-3-;. The summed E-state index contributed by atoms with van der Waals surface area (Å²) in [5, 5.41) is 10.4. The quantitative estimate of drug-likeness (QED) is 0.231. The van der Waals surface area contributed by atoms with Gasteiger partial charge < -0.3 is 10.1 Å². The maximum absolute atomic E-state index is 10.0. The molecule has 135 valence electrons. The van der Waals surface area contributed by atoms with E-state index in [1.807, 2.05) is 41.9 Å². The molecule has 0 spiro atoms. The number of rotatable bonds is 2. The van der Waals surface area contributed by atoms with Gasteiger partial charge in [-0.2, -0.15) is 0 Å². The summed E-state index contributed by atoms with van der Waals surface area (Å²) < 4.78 is 2.11. The molecule has 0 amide bonds. The van der Waals surface area contributed by atoms with E-state index < -0.39 is 0 Å². The molecular weight excluding hydrogens is 527 g/mol. The van der Waals surface area contributed by atoms with Crippen LogP contribution in [0.2, 0.25) is 0 Å². The first-order valence-electron chi connectivity index (χ1n) is 7.61. The fourth-order valence-corrected chi connectivity index (χ4v) is 3.11. The first-order valence-corrected chi connectivity index (χ1v) is 8.45. The van der Waals surface area contributed by atoms with E-state index in [4.69, 9.17) is 5.11 Å². The van der Waals surface area contributed by atoms with Crippen LogP contribution in [-0.4, -0.2) is 24.6 Å². The molecule has 0 aliphatic rings. The largest absolute Gasteiger partial charge is 0.512 e. The molecular formula is C19H16IrN3O2S-. The maximum Gasteiger partial charge on any atom is 0.155 e. The summed E-state index contributed by atoms with van der Waals surface area (Å²) in [6.45, 7) is 2.85. The van der Waals surface area contributed by atoms with Gasteiger partial charge in [0, 0.05) is 37.8 Å². The van der Waals surface area contributed by atoms with E-state index in [2.05, 4.69) is 25.9 Å². The molecule has 3 heterocycles. The molecule has 5 nitrogen and oxygen atoms in total. The molecule has 0 unspecified atom stereocenters. The van der Waals surface area contributed by atoms with E-state index in [-0.39, 0.29) is 31.6 Å². The Morgan fingerprint density at radius 3 is 2.73 bits per heavy atom. The number of carbonyl (C=O) groups excluding carboxylic acids is 1. The minimum atomic E-state index is -0.125. The van der Waals surface area contributed by atoms with Crippen LogP contribution in [0.1, 0.15) is 13.8 Å². The van der Waals surface area contributed by atoms with Crippen LogP contribution in [0.4, 0.5) is 0 Å². The molecule has 1 radical (unpaired) electrons. The molecule has 0 saturated carbocycles. The Labute approximate surface area is 168 Å². The van der Waals surface area contributed by atoms with Gasteiger partial charge in [0.25, 0.3) is 0 Å². The second kappa shape index (κ2) is 8.85. The van der Waals surface area contributed by atoms with Gasteiger partial charge >= 0.3 is 0 Å². The van der Waals surface area contributed by atoms with Crippen molar-refractivity contribution in [3.63, 3.8) is 0 Å². The Morgan fingerprint density at radius 2 is 2.12 bits per heavy atom. The summed E-state index contributed by atoms with van der Waals surface area (Å²) in [5.74, 6) is -0.0625. The van der Waals surface area contributed by atoms with Crippen molar-refractivity contribution < 1.29 is 30.0 Å².